The molecule has 0 aliphatic carbocycles. The summed E-state index contributed by atoms with van der Waals surface area (Å²) in [5.41, 5.74) is 4.68. The fraction of sp³-hybridized carbons (Fsp3) is 0.214. The number of rotatable bonds is 2. The van der Waals surface area contributed by atoms with E-state index in [0.717, 1.165) is 22.4 Å². The highest BCUT2D eigenvalue weighted by atomic mass is 16.1. The maximum Gasteiger partial charge on any atom is 0.251 e. The summed E-state index contributed by atoms with van der Waals surface area (Å²) in [6.45, 7) is 4.03. The lowest BCUT2D eigenvalue weighted by atomic mass is 10.0. The predicted molar refractivity (Wildman–Crippen MR) is 70.3 cm³/mol. The summed E-state index contributed by atoms with van der Waals surface area (Å²) in [5, 5.41) is 10.7. The van der Waals surface area contributed by atoms with Gasteiger partial charge in [-0.05, 0) is 37.1 Å². The van der Waals surface area contributed by atoms with Gasteiger partial charge < -0.3 is 5.32 Å². The Labute approximate surface area is 106 Å². The minimum absolute atomic E-state index is 0.0893. The molecule has 0 unspecified atom stereocenters. The third-order valence-electron chi connectivity index (χ3n) is 3.00. The molecule has 0 bridgehead atoms. The molecule has 92 valence electrons. The Bertz CT molecular complexity index is 576. The lowest BCUT2D eigenvalue weighted by Gasteiger charge is -2.07. The molecule has 1 amide bonds. The summed E-state index contributed by atoms with van der Waals surface area (Å²) in [4.78, 5) is 11.4. The van der Waals surface area contributed by atoms with Crippen LogP contribution in [0.2, 0.25) is 0 Å². The van der Waals surface area contributed by atoms with Crippen LogP contribution in [-0.4, -0.2) is 23.2 Å². The van der Waals surface area contributed by atoms with Crippen LogP contribution in [0.25, 0.3) is 11.3 Å². The van der Waals surface area contributed by atoms with E-state index in [4.69, 9.17) is 0 Å². The second-order valence-corrected chi connectivity index (χ2v) is 4.16. The second kappa shape index (κ2) is 4.96. The molecule has 0 fully saturated rings. The van der Waals surface area contributed by atoms with Gasteiger partial charge in [-0.1, -0.05) is 12.1 Å². The van der Waals surface area contributed by atoms with E-state index in [0.29, 0.717) is 5.56 Å². The van der Waals surface area contributed by atoms with Gasteiger partial charge in [0, 0.05) is 18.2 Å². The molecule has 2 aromatic rings. The van der Waals surface area contributed by atoms with E-state index < -0.39 is 0 Å². The number of benzene rings is 1. The van der Waals surface area contributed by atoms with E-state index in [1.165, 1.54) is 0 Å². The van der Waals surface area contributed by atoms with E-state index in [1.807, 2.05) is 26.0 Å². The lowest BCUT2D eigenvalue weighted by molar-refractivity contribution is 0.0963. The Morgan fingerprint density at radius 2 is 1.83 bits per heavy atom. The Morgan fingerprint density at radius 3 is 2.44 bits per heavy atom. The molecule has 0 saturated heterocycles. The molecule has 0 saturated carbocycles. The Morgan fingerprint density at radius 1 is 1.17 bits per heavy atom. The molecule has 1 aromatic heterocycles. The van der Waals surface area contributed by atoms with Crippen LogP contribution in [0.5, 0.6) is 0 Å². The van der Waals surface area contributed by atoms with Gasteiger partial charge in [0.15, 0.2) is 0 Å². The molecular weight excluding hydrogens is 226 g/mol. The summed E-state index contributed by atoms with van der Waals surface area (Å²) < 4.78 is 0. The van der Waals surface area contributed by atoms with Crippen LogP contribution < -0.4 is 5.32 Å². The fourth-order valence-corrected chi connectivity index (χ4v) is 1.73. The van der Waals surface area contributed by atoms with Crippen LogP contribution in [0.3, 0.4) is 0 Å². The van der Waals surface area contributed by atoms with Gasteiger partial charge in [-0.25, -0.2) is 0 Å². The van der Waals surface area contributed by atoms with Crippen LogP contribution in [0.1, 0.15) is 21.5 Å². The minimum Gasteiger partial charge on any atom is -0.355 e. The van der Waals surface area contributed by atoms with Crippen LogP contribution >= 0.6 is 0 Å². The molecule has 0 spiro atoms. The molecule has 1 N–H and O–H groups in total. The molecule has 4 nitrogen and oxygen atoms in total. The van der Waals surface area contributed by atoms with Crippen molar-refractivity contribution in [2.75, 3.05) is 7.05 Å². The molecule has 0 radical (unpaired) electrons. The van der Waals surface area contributed by atoms with Gasteiger partial charge in [0.2, 0.25) is 0 Å². The number of amides is 1. The van der Waals surface area contributed by atoms with Crippen molar-refractivity contribution in [2.45, 2.75) is 13.8 Å². The van der Waals surface area contributed by atoms with Crippen LogP contribution in [-0.2, 0) is 0 Å². The maximum absolute atomic E-state index is 11.4. The SMILES string of the molecule is CNC(=O)c1ccc(-c2nncc(C)c2C)cc1. The summed E-state index contributed by atoms with van der Waals surface area (Å²) in [6.07, 6.45) is 1.75. The summed E-state index contributed by atoms with van der Waals surface area (Å²) in [7, 11) is 1.62. The zero-order valence-corrected chi connectivity index (χ0v) is 10.7. The van der Waals surface area contributed by atoms with Gasteiger partial charge in [-0.2, -0.15) is 10.2 Å². The number of nitrogens with zero attached hydrogens (tertiary/aromatic N) is 2. The van der Waals surface area contributed by atoms with Gasteiger partial charge in [0.05, 0.1) is 11.9 Å². The van der Waals surface area contributed by atoms with Crippen LogP contribution in [0.15, 0.2) is 30.5 Å². The van der Waals surface area contributed by atoms with Gasteiger partial charge in [0.1, 0.15) is 0 Å². The van der Waals surface area contributed by atoms with E-state index in [2.05, 4.69) is 15.5 Å². The van der Waals surface area contributed by atoms with Crippen molar-refractivity contribution in [2.24, 2.45) is 0 Å². The first-order valence-corrected chi connectivity index (χ1v) is 5.75. The quantitative estimate of drug-likeness (QED) is 0.876. The van der Waals surface area contributed by atoms with E-state index in [9.17, 15) is 4.79 Å². The zero-order valence-electron chi connectivity index (χ0n) is 10.7. The Hall–Kier alpha value is -2.23. The summed E-state index contributed by atoms with van der Waals surface area (Å²) in [5.74, 6) is -0.0893. The van der Waals surface area contributed by atoms with Gasteiger partial charge >= 0.3 is 0 Å². The number of carbonyl (C=O) groups excluding carboxylic acids is 1. The minimum atomic E-state index is -0.0893. The molecule has 0 aliphatic heterocycles. The van der Waals surface area contributed by atoms with Crippen molar-refractivity contribution >= 4 is 5.91 Å². The lowest BCUT2D eigenvalue weighted by Crippen LogP contribution is -2.17. The van der Waals surface area contributed by atoms with E-state index in [1.54, 1.807) is 25.4 Å². The molecule has 2 rings (SSSR count). The van der Waals surface area contributed by atoms with Gasteiger partial charge in [-0.3, -0.25) is 4.79 Å². The second-order valence-electron chi connectivity index (χ2n) is 4.16. The predicted octanol–water partition coefficient (Wildman–Crippen LogP) is 2.12. The van der Waals surface area contributed by atoms with E-state index in [-0.39, 0.29) is 5.91 Å². The maximum atomic E-state index is 11.4. The van der Waals surface area contributed by atoms with Crippen molar-refractivity contribution in [1.82, 2.24) is 15.5 Å². The highest BCUT2D eigenvalue weighted by Crippen LogP contribution is 2.22. The van der Waals surface area contributed by atoms with Crippen molar-refractivity contribution in [3.8, 4) is 11.3 Å². The number of nitrogens with one attached hydrogen (secondary N) is 1. The smallest absolute Gasteiger partial charge is 0.251 e. The summed E-state index contributed by atoms with van der Waals surface area (Å²) in [6, 6.07) is 7.36. The Balaban J connectivity index is 2.40. The first kappa shape index (κ1) is 12.2. The highest BCUT2D eigenvalue weighted by Gasteiger charge is 2.08. The molecule has 18 heavy (non-hydrogen) atoms. The van der Waals surface area contributed by atoms with Crippen LogP contribution in [0.4, 0.5) is 0 Å². The molecule has 0 atom stereocenters. The molecular formula is C14H15N3O. The monoisotopic (exact) mass is 241 g/mol. The molecule has 1 aromatic carbocycles. The largest absolute Gasteiger partial charge is 0.355 e. The number of hydrogen-bond acceptors (Lipinski definition) is 3. The third kappa shape index (κ3) is 2.22. The average molecular weight is 241 g/mol. The third-order valence-corrected chi connectivity index (χ3v) is 3.00. The van der Waals surface area contributed by atoms with Gasteiger partial charge in [0.25, 0.3) is 5.91 Å². The number of aryl methyl sites for hydroxylation is 1. The van der Waals surface area contributed by atoms with Crippen LogP contribution in [0, 0.1) is 13.8 Å². The van der Waals surface area contributed by atoms with E-state index >= 15 is 0 Å². The molecule has 4 heteroatoms. The van der Waals surface area contributed by atoms with Gasteiger partial charge in [-0.15, -0.1) is 0 Å². The average Bonchev–Trinajstić information content (AvgIpc) is 2.41. The number of carbonyl (C=O) groups is 1. The topological polar surface area (TPSA) is 54.9 Å². The normalized spacial score (nSPS) is 10.2. The van der Waals surface area contributed by atoms with Crippen molar-refractivity contribution in [1.29, 1.82) is 0 Å². The highest BCUT2D eigenvalue weighted by molar-refractivity contribution is 5.94. The van der Waals surface area contributed by atoms with Crippen molar-refractivity contribution < 1.29 is 4.79 Å². The standard InChI is InChI=1S/C14H15N3O/c1-9-8-16-17-13(10(9)2)11-4-6-12(7-5-11)14(18)15-3/h4-8H,1-3H3,(H,15,18). The van der Waals surface area contributed by atoms with Crippen molar-refractivity contribution in [3.63, 3.8) is 0 Å². The summed E-state index contributed by atoms with van der Waals surface area (Å²) >= 11 is 0. The zero-order chi connectivity index (χ0) is 13.1. The number of hydrogen-bond donors (Lipinski definition) is 1. The first-order chi connectivity index (χ1) is 8.63. The molecule has 1 heterocycles. The van der Waals surface area contributed by atoms with Crippen molar-refractivity contribution in [3.05, 3.63) is 47.2 Å². The first-order valence-electron chi connectivity index (χ1n) is 5.75. The fourth-order valence-electron chi connectivity index (χ4n) is 1.73. The number of aromatic nitrogens is 2. The molecule has 0 aliphatic rings. The Kier molecular flexibility index (Phi) is 3.37.